The van der Waals surface area contributed by atoms with Crippen LogP contribution in [-0.2, 0) is 12.8 Å². The van der Waals surface area contributed by atoms with Crippen molar-refractivity contribution < 1.29 is 14.3 Å². The van der Waals surface area contributed by atoms with Gasteiger partial charge >= 0.3 is 5.97 Å². The van der Waals surface area contributed by atoms with E-state index in [2.05, 4.69) is 61.2 Å². The molecule has 1 heterocycles. The average Bonchev–Trinajstić information content (AvgIpc) is 3.04. The average molecular weight is 534 g/mol. The molecule has 0 bridgehead atoms. The van der Waals surface area contributed by atoms with Crippen LogP contribution in [0.25, 0.3) is 11.1 Å². The number of alkyl halides is 1. The van der Waals surface area contributed by atoms with E-state index < -0.39 is 5.97 Å². The Kier molecular flexibility index (Phi) is 9.07. The number of carbonyl (C=O) groups is 1. The van der Waals surface area contributed by atoms with Gasteiger partial charge in [-0.1, -0.05) is 48.5 Å². The molecule has 1 saturated heterocycles. The van der Waals surface area contributed by atoms with Gasteiger partial charge in [0.1, 0.15) is 0 Å². The molecule has 0 amide bonds. The second-order valence-electron chi connectivity index (χ2n) is 10.7. The number of aryl methyl sites for hydroxylation is 3. The molecule has 1 aliphatic heterocycles. The third-order valence-corrected chi connectivity index (χ3v) is 7.99. The first-order valence-electron chi connectivity index (χ1n) is 13.5. The molecule has 1 aliphatic carbocycles. The predicted molar refractivity (Wildman–Crippen MR) is 156 cm³/mol. The number of carboxylic acid groups (broad SMARTS) is 1. The maximum absolute atomic E-state index is 12.4. The van der Waals surface area contributed by atoms with Crippen molar-refractivity contribution in [1.29, 1.82) is 0 Å². The number of fused-ring (bicyclic) bond motifs is 1. The topological polar surface area (TPSA) is 40.5 Å². The molecule has 0 radical (unpaired) electrons. The van der Waals surface area contributed by atoms with Gasteiger partial charge in [0.15, 0.2) is 0 Å². The summed E-state index contributed by atoms with van der Waals surface area (Å²) in [5.41, 5.74) is 11.6. The number of hydrogen-bond acceptors (Lipinski definition) is 2. The lowest BCUT2D eigenvalue weighted by molar-refractivity contribution is 0.0696. The summed E-state index contributed by atoms with van der Waals surface area (Å²) in [6.07, 6.45) is 4.49. The number of aromatic carboxylic acids is 1. The highest BCUT2D eigenvalue weighted by Crippen LogP contribution is 2.42. The number of likely N-dealkylation sites (tertiary alicyclic amines) is 1. The number of hydrogen-bond donors (Lipinski definition) is 1. The number of carboxylic acids is 1. The van der Waals surface area contributed by atoms with Crippen LogP contribution in [0, 0.1) is 19.8 Å². The summed E-state index contributed by atoms with van der Waals surface area (Å²) in [4.78, 5) is 14.0. The van der Waals surface area contributed by atoms with Gasteiger partial charge in [-0.2, -0.15) is 0 Å². The summed E-state index contributed by atoms with van der Waals surface area (Å²) in [6.45, 7) is 7.12. The maximum atomic E-state index is 12.4. The zero-order chi connectivity index (χ0) is 25.9. The van der Waals surface area contributed by atoms with Crippen LogP contribution in [0.4, 0.5) is 4.39 Å². The van der Waals surface area contributed by atoms with Gasteiger partial charge in [0.2, 0.25) is 0 Å². The Morgan fingerprint density at radius 2 is 1.71 bits per heavy atom. The molecule has 1 N–H and O–H groups in total. The number of allylic oxidation sites excluding steroid dienone is 1. The van der Waals surface area contributed by atoms with E-state index in [-0.39, 0.29) is 19.1 Å². The van der Waals surface area contributed by atoms with Gasteiger partial charge in [-0.25, -0.2) is 4.79 Å². The molecule has 3 aromatic rings. The summed E-state index contributed by atoms with van der Waals surface area (Å²) in [6, 6.07) is 21.1. The highest BCUT2D eigenvalue weighted by molar-refractivity contribution is 6.01. The van der Waals surface area contributed by atoms with E-state index in [0.29, 0.717) is 17.9 Å². The molecule has 200 valence electrons. The minimum Gasteiger partial charge on any atom is -0.478 e. The second-order valence-corrected chi connectivity index (χ2v) is 10.7. The number of halogens is 2. The zero-order valence-electron chi connectivity index (χ0n) is 22.3. The van der Waals surface area contributed by atoms with E-state index in [1.54, 1.807) is 6.07 Å². The van der Waals surface area contributed by atoms with Crippen molar-refractivity contribution in [3.05, 3.63) is 105 Å². The molecule has 1 fully saturated rings. The Balaban J connectivity index is 0.00000336. The first kappa shape index (κ1) is 28.1. The van der Waals surface area contributed by atoms with Crippen molar-refractivity contribution in [3.63, 3.8) is 0 Å². The maximum Gasteiger partial charge on any atom is 0.335 e. The van der Waals surface area contributed by atoms with Crippen molar-refractivity contribution in [2.45, 2.75) is 46.0 Å². The van der Waals surface area contributed by atoms with E-state index in [9.17, 15) is 14.3 Å². The van der Waals surface area contributed by atoms with Crippen molar-refractivity contribution in [3.8, 4) is 0 Å². The molecule has 5 rings (SSSR count). The Morgan fingerprint density at radius 1 is 1.00 bits per heavy atom. The Morgan fingerprint density at radius 3 is 2.37 bits per heavy atom. The van der Waals surface area contributed by atoms with Gasteiger partial charge < -0.3 is 10.0 Å². The zero-order valence-corrected chi connectivity index (χ0v) is 23.1. The highest BCUT2D eigenvalue weighted by atomic mass is 35.5. The van der Waals surface area contributed by atoms with E-state index >= 15 is 0 Å². The summed E-state index contributed by atoms with van der Waals surface area (Å²) < 4.78 is 12.4. The fourth-order valence-corrected chi connectivity index (χ4v) is 6.20. The second kappa shape index (κ2) is 12.3. The predicted octanol–water partition coefficient (Wildman–Crippen LogP) is 7.55. The van der Waals surface area contributed by atoms with Gasteiger partial charge in [-0.3, -0.25) is 4.39 Å². The van der Waals surface area contributed by atoms with E-state index in [0.717, 1.165) is 56.4 Å². The molecule has 38 heavy (non-hydrogen) atoms. The van der Waals surface area contributed by atoms with Gasteiger partial charge in [0.05, 0.1) is 12.2 Å². The van der Waals surface area contributed by atoms with Crippen molar-refractivity contribution in [1.82, 2.24) is 4.90 Å². The highest BCUT2D eigenvalue weighted by Gasteiger charge is 2.26. The van der Waals surface area contributed by atoms with Gasteiger partial charge in [-0.15, -0.1) is 12.4 Å². The Bertz CT molecular complexity index is 1310. The fourth-order valence-electron chi connectivity index (χ4n) is 6.20. The molecule has 3 nitrogen and oxygen atoms in total. The lowest BCUT2D eigenvalue weighted by atomic mass is 9.84. The molecule has 3 aromatic carbocycles. The van der Waals surface area contributed by atoms with Gasteiger partial charge in [0, 0.05) is 19.6 Å². The quantitative estimate of drug-likeness (QED) is 0.325. The molecule has 0 aromatic heterocycles. The van der Waals surface area contributed by atoms with Crippen LogP contribution in [0.5, 0.6) is 0 Å². The first-order valence-corrected chi connectivity index (χ1v) is 13.5. The minimum atomic E-state index is -0.879. The monoisotopic (exact) mass is 533 g/mol. The normalized spacial score (nSPS) is 15.9. The molecule has 0 atom stereocenters. The molecule has 2 aliphatic rings. The van der Waals surface area contributed by atoms with E-state index in [1.807, 2.05) is 12.1 Å². The summed E-state index contributed by atoms with van der Waals surface area (Å²) in [5, 5.41) is 9.60. The smallest absolute Gasteiger partial charge is 0.335 e. The summed E-state index contributed by atoms with van der Waals surface area (Å²) in [5.74, 6) is -0.237. The summed E-state index contributed by atoms with van der Waals surface area (Å²) >= 11 is 0. The summed E-state index contributed by atoms with van der Waals surface area (Å²) in [7, 11) is 0. The lowest BCUT2D eigenvalue weighted by Crippen LogP contribution is -2.47. The van der Waals surface area contributed by atoms with Gasteiger partial charge in [-0.05, 0) is 114 Å². The van der Waals surface area contributed by atoms with Crippen LogP contribution in [-0.4, -0.2) is 42.3 Å². The van der Waals surface area contributed by atoms with Crippen LogP contribution in [0.15, 0.2) is 60.7 Å². The van der Waals surface area contributed by atoms with E-state index in [4.69, 9.17) is 0 Å². The Hall–Kier alpha value is -2.95. The molecule has 0 saturated carbocycles. The minimum absolute atomic E-state index is 0. The SMILES string of the molecule is Cc1cccc(C)c1C1=C(c2ccc(CC3CN(CCCF)C3)cc2)c2ccc(C(=O)O)cc2CCC1.Cl. The van der Waals surface area contributed by atoms with E-state index in [1.165, 1.54) is 39.0 Å². The first-order chi connectivity index (χ1) is 17.9. The molecular formula is C33H37ClFNO2. The number of nitrogens with zero attached hydrogens (tertiary/aromatic N) is 1. The van der Waals surface area contributed by atoms with Crippen LogP contribution in [0.3, 0.4) is 0 Å². The van der Waals surface area contributed by atoms with Crippen LogP contribution >= 0.6 is 12.4 Å². The molecular weight excluding hydrogens is 497 g/mol. The molecule has 0 unspecified atom stereocenters. The van der Waals surface area contributed by atoms with Crippen LogP contribution in [0.1, 0.15) is 68.6 Å². The number of rotatable bonds is 8. The van der Waals surface area contributed by atoms with Crippen molar-refractivity contribution in [2.24, 2.45) is 5.92 Å². The van der Waals surface area contributed by atoms with Crippen LogP contribution < -0.4 is 0 Å². The van der Waals surface area contributed by atoms with Crippen molar-refractivity contribution in [2.75, 3.05) is 26.3 Å². The lowest BCUT2D eigenvalue weighted by Gasteiger charge is -2.39. The standard InChI is InChI=1S/C33H36FNO2.ClH/c1-22-6-3-7-23(2)31(22)30-9-4-8-27-19-28(33(36)37)14-15-29(27)32(30)26-12-10-24(11-13-26)18-25-20-35(21-25)17-5-16-34;/h3,6-7,10-15,19,25H,4-5,8-9,16-18,20-21H2,1-2H3,(H,36,37);1H. The molecule has 5 heteroatoms. The Labute approximate surface area is 231 Å². The van der Waals surface area contributed by atoms with Crippen molar-refractivity contribution >= 4 is 29.5 Å². The van der Waals surface area contributed by atoms with Crippen LogP contribution in [0.2, 0.25) is 0 Å². The third kappa shape index (κ3) is 5.87. The number of benzene rings is 3. The molecule has 0 spiro atoms. The fraction of sp³-hybridized carbons (Fsp3) is 0.364. The van der Waals surface area contributed by atoms with Gasteiger partial charge in [0.25, 0.3) is 0 Å². The largest absolute Gasteiger partial charge is 0.478 e. The third-order valence-electron chi connectivity index (χ3n) is 7.99.